The highest BCUT2D eigenvalue weighted by Crippen LogP contribution is 2.21. The van der Waals surface area contributed by atoms with Crippen molar-refractivity contribution in [3.63, 3.8) is 0 Å². The van der Waals surface area contributed by atoms with Crippen LogP contribution in [0.1, 0.15) is 77.1 Å². The lowest BCUT2D eigenvalue weighted by Gasteiger charge is -2.31. The Morgan fingerprint density at radius 3 is 2.46 bits per heavy atom. The van der Waals surface area contributed by atoms with Crippen LogP contribution >= 0.6 is 0 Å². The first-order chi connectivity index (χ1) is 17.5. The van der Waals surface area contributed by atoms with Gasteiger partial charge in [-0.1, -0.05) is 71.4 Å². The lowest BCUT2D eigenvalue weighted by Crippen LogP contribution is -2.51. The van der Waals surface area contributed by atoms with Crippen molar-refractivity contribution in [2.45, 2.75) is 85.9 Å². The van der Waals surface area contributed by atoms with Gasteiger partial charge >= 0.3 is 0 Å². The summed E-state index contributed by atoms with van der Waals surface area (Å²) in [6.07, 6.45) is 2.03. The zero-order valence-corrected chi connectivity index (χ0v) is 23.1. The van der Waals surface area contributed by atoms with Crippen molar-refractivity contribution in [3.05, 3.63) is 47.5 Å². The third-order valence-electron chi connectivity index (χ3n) is 6.87. The maximum absolute atomic E-state index is 13.6. The molecule has 202 valence electrons. The van der Waals surface area contributed by atoms with Crippen LogP contribution < -0.4 is 10.6 Å². The number of amides is 3. The molecule has 2 N–H and O–H groups in total. The van der Waals surface area contributed by atoms with E-state index in [-0.39, 0.29) is 30.1 Å². The highest BCUT2D eigenvalue weighted by atomic mass is 16.2. The minimum atomic E-state index is -0.663. The van der Waals surface area contributed by atoms with E-state index in [9.17, 15) is 14.4 Å². The fourth-order valence-electron chi connectivity index (χ4n) is 4.59. The summed E-state index contributed by atoms with van der Waals surface area (Å²) in [5, 5.41) is 10.8. The summed E-state index contributed by atoms with van der Waals surface area (Å²) in [5.74, 6) is 0.825. The SMILES string of the molecule is CC[C@H](C)[C@@H]1NC(=O)CCCN(C(=O)C(C)(C)C)CCn2nc(C)nc2[C@H](Cc2ccccc2)NC1=O. The molecule has 1 aromatic heterocycles. The van der Waals surface area contributed by atoms with Gasteiger partial charge in [0.2, 0.25) is 17.7 Å². The number of nitrogens with zero attached hydrogens (tertiary/aromatic N) is 4. The minimum absolute atomic E-state index is 0.0324. The predicted octanol–water partition coefficient (Wildman–Crippen LogP) is 3.19. The largest absolute Gasteiger partial charge is 0.344 e. The Kier molecular flexibility index (Phi) is 9.45. The second kappa shape index (κ2) is 12.3. The van der Waals surface area contributed by atoms with E-state index in [0.29, 0.717) is 44.1 Å². The van der Waals surface area contributed by atoms with Gasteiger partial charge in [0.05, 0.1) is 12.6 Å². The van der Waals surface area contributed by atoms with Gasteiger partial charge in [-0.3, -0.25) is 14.4 Å². The normalized spacial score (nSPS) is 20.9. The molecule has 9 heteroatoms. The van der Waals surface area contributed by atoms with E-state index in [0.717, 1.165) is 12.0 Å². The van der Waals surface area contributed by atoms with E-state index in [1.165, 1.54) is 0 Å². The molecule has 0 aliphatic carbocycles. The first-order valence-corrected chi connectivity index (χ1v) is 13.3. The summed E-state index contributed by atoms with van der Waals surface area (Å²) in [7, 11) is 0. The van der Waals surface area contributed by atoms with Crippen molar-refractivity contribution in [3.8, 4) is 0 Å². The number of aryl methyl sites for hydroxylation is 1. The molecule has 2 aromatic rings. The lowest BCUT2D eigenvalue weighted by molar-refractivity contribution is -0.140. The van der Waals surface area contributed by atoms with Crippen molar-refractivity contribution in [2.24, 2.45) is 11.3 Å². The van der Waals surface area contributed by atoms with Crippen LogP contribution in [0.2, 0.25) is 0 Å². The van der Waals surface area contributed by atoms with Crippen molar-refractivity contribution in [2.75, 3.05) is 13.1 Å². The van der Waals surface area contributed by atoms with Crippen LogP contribution in [0.3, 0.4) is 0 Å². The molecule has 0 unspecified atom stereocenters. The van der Waals surface area contributed by atoms with Crippen molar-refractivity contribution < 1.29 is 14.4 Å². The summed E-state index contributed by atoms with van der Waals surface area (Å²) < 4.78 is 1.81. The minimum Gasteiger partial charge on any atom is -0.344 e. The van der Waals surface area contributed by atoms with Gasteiger partial charge in [-0.05, 0) is 31.2 Å². The Morgan fingerprint density at radius 2 is 1.81 bits per heavy atom. The predicted molar refractivity (Wildman–Crippen MR) is 142 cm³/mol. The van der Waals surface area contributed by atoms with Crippen LogP contribution in [0.5, 0.6) is 0 Å². The van der Waals surface area contributed by atoms with Crippen molar-refractivity contribution >= 4 is 17.7 Å². The zero-order valence-electron chi connectivity index (χ0n) is 23.1. The molecule has 3 atom stereocenters. The highest BCUT2D eigenvalue weighted by molar-refractivity contribution is 5.88. The molecule has 1 aromatic carbocycles. The average Bonchev–Trinajstić information content (AvgIpc) is 3.23. The average molecular weight is 511 g/mol. The van der Waals surface area contributed by atoms with Gasteiger partial charge < -0.3 is 15.5 Å². The van der Waals surface area contributed by atoms with Crippen molar-refractivity contribution in [1.82, 2.24) is 30.3 Å². The van der Waals surface area contributed by atoms with Crippen LogP contribution in [-0.4, -0.2) is 56.5 Å². The number of hydrogen-bond donors (Lipinski definition) is 2. The highest BCUT2D eigenvalue weighted by Gasteiger charge is 2.32. The number of benzene rings is 1. The van der Waals surface area contributed by atoms with E-state index in [2.05, 4.69) is 15.7 Å². The summed E-state index contributed by atoms with van der Waals surface area (Å²) in [6, 6.07) is 8.81. The molecule has 3 rings (SSSR count). The van der Waals surface area contributed by atoms with E-state index in [1.54, 1.807) is 0 Å². The third-order valence-corrected chi connectivity index (χ3v) is 6.87. The molecule has 0 bridgehead atoms. The number of carbonyl (C=O) groups excluding carboxylic acids is 3. The summed E-state index contributed by atoms with van der Waals surface area (Å²) in [5.41, 5.74) is 0.509. The Labute approximate surface area is 220 Å². The lowest BCUT2D eigenvalue weighted by atomic mass is 9.94. The number of hydrogen-bond acceptors (Lipinski definition) is 5. The Hall–Kier alpha value is -3.23. The van der Waals surface area contributed by atoms with Crippen LogP contribution in [0.25, 0.3) is 0 Å². The van der Waals surface area contributed by atoms with Crippen molar-refractivity contribution in [1.29, 1.82) is 0 Å². The van der Waals surface area contributed by atoms with Gasteiger partial charge in [0.25, 0.3) is 0 Å². The monoisotopic (exact) mass is 510 g/mol. The first kappa shape index (κ1) is 28.3. The van der Waals surface area contributed by atoms with Gasteiger partial charge in [-0.25, -0.2) is 9.67 Å². The van der Waals surface area contributed by atoms with Crippen LogP contribution in [0.4, 0.5) is 0 Å². The molecule has 3 amide bonds. The quantitative estimate of drug-likeness (QED) is 0.657. The maximum Gasteiger partial charge on any atom is 0.243 e. The fraction of sp³-hybridized carbons (Fsp3) is 0.607. The van der Waals surface area contributed by atoms with Gasteiger partial charge in [0.15, 0.2) is 0 Å². The van der Waals surface area contributed by atoms with Gasteiger partial charge in [-0.2, -0.15) is 5.10 Å². The van der Waals surface area contributed by atoms with Crippen LogP contribution in [0, 0.1) is 18.3 Å². The number of rotatable bonds is 4. The first-order valence-electron chi connectivity index (χ1n) is 13.3. The molecule has 1 aliphatic rings. The molecule has 1 aliphatic heterocycles. The number of nitrogens with one attached hydrogen (secondary N) is 2. The summed E-state index contributed by atoms with van der Waals surface area (Å²) in [4.78, 5) is 46.1. The van der Waals surface area contributed by atoms with E-state index in [1.807, 2.05) is 81.5 Å². The number of aromatic nitrogens is 3. The van der Waals surface area contributed by atoms with Crippen LogP contribution in [0.15, 0.2) is 30.3 Å². The molecule has 2 heterocycles. The second-order valence-electron chi connectivity index (χ2n) is 11.1. The zero-order chi connectivity index (χ0) is 27.2. The summed E-state index contributed by atoms with van der Waals surface area (Å²) in [6.45, 7) is 12.9. The number of fused-ring (bicyclic) bond motifs is 1. The molecule has 0 saturated carbocycles. The molecule has 9 nitrogen and oxygen atoms in total. The fourth-order valence-corrected chi connectivity index (χ4v) is 4.59. The van der Waals surface area contributed by atoms with Gasteiger partial charge in [0, 0.05) is 24.9 Å². The molecule has 0 saturated heterocycles. The molecule has 37 heavy (non-hydrogen) atoms. The Balaban J connectivity index is 2.02. The molecule has 0 radical (unpaired) electrons. The van der Waals surface area contributed by atoms with E-state index >= 15 is 0 Å². The standard InChI is InChI=1S/C28H42N6O3/c1-7-19(2)24-26(36)30-22(18-21-12-9-8-10-13-21)25-29-20(3)32-34(25)17-16-33(27(37)28(4,5)6)15-11-14-23(35)31-24/h8-10,12-13,19,22,24H,7,11,14-18H2,1-6H3,(H,30,36)(H,31,35)/t19-,22-,24-/m0/s1. The Bertz CT molecular complexity index is 1080. The van der Waals surface area contributed by atoms with Gasteiger partial charge in [0.1, 0.15) is 17.7 Å². The van der Waals surface area contributed by atoms with E-state index in [4.69, 9.17) is 4.98 Å². The van der Waals surface area contributed by atoms with Crippen LogP contribution in [-0.2, 0) is 27.3 Å². The molecular formula is C28H42N6O3. The van der Waals surface area contributed by atoms with E-state index < -0.39 is 17.5 Å². The molecular weight excluding hydrogens is 468 g/mol. The second-order valence-corrected chi connectivity index (χ2v) is 11.1. The topological polar surface area (TPSA) is 109 Å². The molecule has 0 fully saturated rings. The number of carbonyl (C=O) groups is 3. The third kappa shape index (κ3) is 7.63. The summed E-state index contributed by atoms with van der Waals surface area (Å²) >= 11 is 0. The maximum atomic E-state index is 13.6. The van der Waals surface area contributed by atoms with Gasteiger partial charge in [-0.15, -0.1) is 0 Å². The smallest absolute Gasteiger partial charge is 0.243 e. The Morgan fingerprint density at radius 1 is 1.11 bits per heavy atom. The molecule has 0 spiro atoms.